The average Bonchev–Trinajstić information content (AvgIpc) is 2.54. The molecule has 0 atom stereocenters. The van der Waals surface area contributed by atoms with Gasteiger partial charge in [-0.2, -0.15) is 0 Å². The van der Waals surface area contributed by atoms with Crippen LogP contribution in [0.15, 0.2) is 36.7 Å². The van der Waals surface area contributed by atoms with Gasteiger partial charge in [0, 0.05) is 20.3 Å². The summed E-state index contributed by atoms with van der Waals surface area (Å²) >= 11 is 0. The molecule has 0 saturated heterocycles. The zero-order chi connectivity index (χ0) is 15.8. The van der Waals surface area contributed by atoms with Crippen molar-refractivity contribution in [3.63, 3.8) is 0 Å². The number of carbonyl (C=O) groups excluding carboxylic acids is 1. The van der Waals surface area contributed by atoms with E-state index in [2.05, 4.69) is 20.6 Å². The molecule has 7 heteroatoms. The van der Waals surface area contributed by atoms with Gasteiger partial charge in [0.25, 0.3) is 5.91 Å². The molecule has 1 aromatic heterocycles. The molecule has 0 aliphatic heterocycles. The number of carbonyl (C=O) groups is 1. The van der Waals surface area contributed by atoms with Crippen LogP contribution in [0, 0.1) is 5.82 Å². The molecular formula is C15H17FN4O2. The van der Waals surface area contributed by atoms with E-state index in [1.165, 1.54) is 18.5 Å². The third-order valence-corrected chi connectivity index (χ3v) is 2.83. The normalized spacial score (nSPS) is 10.3. The van der Waals surface area contributed by atoms with Crippen molar-refractivity contribution in [2.75, 3.05) is 25.6 Å². The monoisotopic (exact) mass is 304 g/mol. The standard InChI is InChI=1S/C15H17FN4O2/c1-22-8-4-7-17-15(21)13-9-19-14(10-18-13)20-12-6-3-2-5-11(12)16/h2-3,5-6,9-10H,4,7-8H2,1H3,(H,17,21)(H,19,20). The molecule has 0 spiro atoms. The number of anilines is 2. The summed E-state index contributed by atoms with van der Waals surface area (Å²) in [7, 11) is 1.61. The fraction of sp³-hybridized carbons (Fsp3) is 0.267. The second-order valence-corrected chi connectivity index (χ2v) is 4.49. The topological polar surface area (TPSA) is 76.1 Å². The van der Waals surface area contributed by atoms with Gasteiger partial charge in [-0.3, -0.25) is 4.79 Å². The number of hydrogen-bond acceptors (Lipinski definition) is 5. The molecule has 6 nitrogen and oxygen atoms in total. The zero-order valence-electron chi connectivity index (χ0n) is 12.2. The van der Waals surface area contributed by atoms with Crippen molar-refractivity contribution in [1.29, 1.82) is 0 Å². The zero-order valence-corrected chi connectivity index (χ0v) is 12.2. The lowest BCUT2D eigenvalue weighted by atomic mass is 10.3. The van der Waals surface area contributed by atoms with Gasteiger partial charge >= 0.3 is 0 Å². The molecule has 22 heavy (non-hydrogen) atoms. The number of halogens is 1. The van der Waals surface area contributed by atoms with Crippen molar-refractivity contribution in [2.24, 2.45) is 0 Å². The van der Waals surface area contributed by atoms with Crippen LogP contribution in [0.3, 0.4) is 0 Å². The molecule has 0 aliphatic rings. The van der Waals surface area contributed by atoms with Crippen LogP contribution in [0.4, 0.5) is 15.9 Å². The van der Waals surface area contributed by atoms with E-state index in [-0.39, 0.29) is 17.4 Å². The molecule has 1 aromatic carbocycles. The van der Waals surface area contributed by atoms with E-state index >= 15 is 0 Å². The summed E-state index contributed by atoms with van der Waals surface area (Å²) in [5.41, 5.74) is 0.505. The highest BCUT2D eigenvalue weighted by molar-refractivity contribution is 5.92. The van der Waals surface area contributed by atoms with E-state index in [9.17, 15) is 9.18 Å². The molecule has 2 aromatic rings. The number of hydrogen-bond donors (Lipinski definition) is 2. The maximum atomic E-state index is 13.5. The molecule has 0 unspecified atom stereocenters. The third-order valence-electron chi connectivity index (χ3n) is 2.83. The lowest BCUT2D eigenvalue weighted by Gasteiger charge is -2.07. The fourth-order valence-electron chi connectivity index (χ4n) is 1.72. The summed E-state index contributed by atoms with van der Waals surface area (Å²) in [5.74, 6) is -0.327. The van der Waals surface area contributed by atoms with Gasteiger partial charge in [0.2, 0.25) is 0 Å². The van der Waals surface area contributed by atoms with Crippen LogP contribution < -0.4 is 10.6 Å². The molecule has 1 amide bonds. The largest absolute Gasteiger partial charge is 0.385 e. The summed E-state index contributed by atoms with van der Waals surface area (Å²) in [5, 5.41) is 5.51. The maximum Gasteiger partial charge on any atom is 0.271 e. The number of para-hydroxylation sites is 1. The first-order chi connectivity index (χ1) is 10.7. The van der Waals surface area contributed by atoms with Crippen LogP contribution in [0.25, 0.3) is 0 Å². The smallest absolute Gasteiger partial charge is 0.271 e. The van der Waals surface area contributed by atoms with Crippen molar-refractivity contribution in [1.82, 2.24) is 15.3 Å². The molecular weight excluding hydrogens is 287 g/mol. The van der Waals surface area contributed by atoms with Gasteiger partial charge in [-0.15, -0.1) is 0 Å². The fourth-order valence-corrected chi connectivity index (χ4v) is 1.72. The van der Waals surface area contributed by atoms with E-state index in [0.29, 0.717) is 24.7 Å². The van der Waals surface area contributed by atoms with E-state index in [0.717, 1.165) is 6.42 Å². The average molecular weight is 304 g/mol. The molecule has 0 bridgehead atoms. The molecule has 0 saturated carbocycles. The Morgan fingerprint density at radius 3 is 2.77 bits per heavy atom. The highest BCUT2D eigenvalue weighted by atomic mass is 19.1. The minimum absolute atomic E-state index is 0.205. The molecule has 116 valence electrons. The van der Waals surface area contributed by atoms with Gasteiger partial charge in [0.05, 0.1) is 18.1 Å². The van der Waals surface area contributed by atoms with Gasteiger partial charge in [0.15, 0.2) is 0 Å². The van der Waals surface area contributed by atoms with Gasteiger partial charge < -0.3 is 15.4 Å². The number of nitrogens with zero attached hydrogens (tertiary/aromatic N) is 2. The molecule has 0 radical (unpaired) electrons. The second-order valence-electron chi connectivity index (χ2n) is 4.49. The number of nitrogens with one attached hydrogen (secondary N) is 2. The van der Waals surface area contributed by atoms with Crippen molar-refractivity contribution in [2.45, 2.75) is 6.42 Å². The Hall–Kier alpha value is -2.54. The molecule has 2 rings (SSSR count). The van der Waals surface area contributed by atoms with Crippen LogP contribution in [0.2, 0.25) is 0 Å². The van der Waals surface area contributed by atoms with Crippen LogP contribution in [-0.2, 0) is 4.74 Å². The quantitative estimate of drug-likeness (QED) is 0.766. The van der Waals surface area contributed by atoms with E-state index in [1.807, 2.05) is 0 Å². The molecule has 1 heterocycles. The van der Waals surface area contributed by atoms with E-state index < -0.39 is 0 Å². The van der Waals surface area contributed by atoms with Gasteiger partial charge in [-0.1, -0.05) is 12.1 Å². The van der Waals surface area contributed by atoms with Crippen LogP contribution in [0.1, 0.15) is 16.9 Å². The third kappa shape index (κ3) is 4.49. The van der Waals surface area contributed by atoms with Crippen LogP contribution in [0.5, 0.6) is 0 Å². The summed E-state index contributed by atoms with van der Waals surface area (Å²) in [6.07, 6.45) is 3.45. The first-order valence-electron chi connectivity index (χ1n) is 6.81. The van der Waals surface area contributed by atoms with Gasteiger partial charge in [-0.05, 0) is 18.6 Å². The van der Waals surface area contributed by atoms with E-state index in [1.54, 1.807) is 25.3 Å². The predicted molar refractivity (Wildman–Crippen MR) is 80.5 cm³/mol. The number of benzene rings is 1. The Balaban J connectivity index is 1.92. The first kappa shape index (κ1) is 15.8. The van der Waals surface area contributed by atoms with Gasteiger partial charge in [0.1, 0.15) is 17.3 Å². The highest BCUT2D eigenvalue weighted by Crippen LogP contribution is 2.17. The maximum absolute atomic E-state index is 13.5. The Labute approximate surface area is 127 Å². The van der Waals surface area contributed by atoms with Crippen LogP contribution >= 0.6 is 0 Å². The molecule has 2 N–H and O–H groups in total. The predicted octanol–water partition coefficient (Wildman–Crippen LogP) is 2.13. The Bertz CT molecular complexity index is 619. The summed E-state index contributed by atoms with van der Waals surface area (Å²) in [4.78, 5) is 19.9. The van der Waals surface area contributed by atoms with Crippen molar-refractivity contribution in [3.05, 3.63) is 48.2 Å². The number of ether oxygens (including phenoxy) is 1. The Morgan fingerprint density at radius 2 is 2.09 bits per heavy atom. The SMILES string of the molecule is COCCCNC(=O)c1cnc(Nc2ccccc2F)cn1. The number of methoxy groups -OCH3 is 1. The number of amides is 1. The minimum atomic E-state index is -0.385. The summed E-state index contributed by atoms with van der Waals surface area (Å²) < 4.78 is 18.4. The highest BCUT2D eigenvalue weighted by Gasteiger charge is 2.08. The second kappa shape index (κ2) is 8.04. The number of aromatic nitrogens is 2. The molecule has 0 aliphatic carbocycles. The summed E-state index contributed by atoms with van der Waals surface area (Å²) in [6.45, 7) is 1.08. The first-order valence-corrected chi connectivity index (χ1v) is 6.81. The van der Waals surface area contributed by atoms with Crippen LogP contribution in [-0.4, -0.2) is 36.1 Å². The number of rotatable bonds is 7. The van der Waals surface area contributed by atoms with Crippen molar-refractivity contribution < 1.29 is 13.9 Å². The summed E-state index contributed by atoms with van der Waals surface area (Å²) in [6, 6.07) is 6.24. The van der Waals surface area contributed by atoms with Gasteiger partial charge in [-0.25, -0.2) is 14.4 Å². The van der Waals surface area contributed by atoms with Crippen molar-refractivity contribution in [3.8, 4) is 0 Å². The minimum Gasteiger partial charge on any atom is -0.385 e. The Morgan fingerprint density at radius 1 is 1.27 bits per heavy atom. The Kier molecular flexibility index (Phi) is 5.79. The van der Waals surface area contributed by atoms with Crippen molar-refractivity contribution >= 4 is 17.4 Å². The lowest BCUT2D eigenvalue weighted by molar-refractivity contribution is 0.0943. The lowest BCUT2D eigenvalue weighted by Crippen LogP contribution is -2.26. The van der Waals surface area contributed by atoms with E-state index in [4.69, 9.17) is 4.74 Å². The molecule has 0 fully saturated rings.